The Kier molecular flexibility index (Phi) is 8.83. The number of carboxylic acid groups (broad SMARTS) is 1. The molecule has 2 rings (SSSR count). The summed E-state index contributed by atoms with van der Waals surface area (Å²) in [4.78, 5) is 23.1. The van der Waals surface area contributed by atoms with Crippen molar-refractivity contribution in [2.75, 3.05) is 11.9 Å². The Morgan fingerprint density at radius 2 is 1.93 bits per heavy atom. The van der Waals surface area contributed by atoms with Crippen LogP contribution in [-0.4, -0.2) is 35.0 Å². The number of hydrogen-bond donors (Lipinski definition) is 3. The molecule has 0 aromatic heterocycles. The summed E-state index contributed by atoms with van der Waals surface area (Å²) < 4.78 is 25.2. The van der Waals surface area contributed by atoms with E-state index in [1.165, 1.54) is 18.2 Å². The normalized spacial score (nSPS) is 13.0. The van der Waals surface area contributed by atoms with Gasteiger partial charge in [-0.3, -0.25) is 5.32 Å². The number of aromatic hydroxyl groups is 1. The molecule has 0 saturated heterocycles. The molecule has 1 amide bonds. The molecule has 30 heavy (non-hydrogen) atoms. The zero-order valence-corrected chi connectivity index (χ0v) is 16.5. The highest BCUT2D eigenvalue weighted by atomic mass is 19.1. The van der Waals surface area contributed by atoms with Gasteiger partial charge in [-0.2, -0.15) is 0 Å². The Hall–Kier alpha value is -3.39. The van der Waals surface area contributed by atoms with Crippen LogP contribution in [0.5, 0.6) is 5.75 Å². The van der Waals surface area contributed by atoms with Crippen molar-refractivity contribution in [3.05, 3.63) is 72.1 Å². The Balaban J connectivity index is 2.24. The first-order chi connectivity index (χ1) is 14.4. The molecule has 2 atom stereocenters. The SMILES string of the molecule is CCO[C@@H](CC/C=C/C(=O)O)[C@@H](OC(=O)Nc1ccccc1)c1ccc(O)c(F)c1. The summed E-state index contributed by atoms with van der Waals surface area (Å²) in [5.41, 5.74) is 0.824. The number of carbonyl (C=O) groups excluding carboxylic acids is 1. The fraction of sp³-hybridized carbons (Fsp3) is 0.273. The molecule has 3 N–H and O–H groups in total. The van der Waals surface area contributed by atoms with Crippen LogP contribution in [0.3, 0.4) is 0 Å². The average molecular weight is 417 g/mol. The molecule has 0 aliphatic heterocycles. The van der Waals surface area contributed by atoms with Crippen molar-refractivity contribution in [3.63, 3.8) is 0 Å². The number of rotatable bonds is 10. The predicted molar refractivity (Wildman–Crippen MR) is 109 cm³/mol. The van der Waals surface area contributed by atoms with Crippen LogP contribution in [0.15, 0.2) is 60.7 Å². The van der Waals surface area contributed by atoms with Gasteiger partial charge < -0.3 is 19.7 Å². The number of phenols is 1. The van der Waals surface area contributed by atoms with Crippen LogP contribution in [0.4, 0.5) is 14.9 Å². The first-order valence-electron chi connectivity index (χ1n) is 9.42. The Morgan fingerprint density at radius 1 is 1.20 bits per heavy atom. The number of amides is 1. The summed E-state index contributed by atoms with van der Waals surface area (Å²) in [6.45, 7) is 2.06. The minimum Gasteiger partial charge on any atom is -0.505 e. The third-order valence-corrected chi connectivity index (χ3v) is 4.15. The Bertz CT molecular complexity index is 871. The van der Waals surface area contributed by atoms with Crippen LogP contribution in [0, 0.1) is 5.82 Å². The molecule has 2 aromatic carbocycles. The number of para-hydroxylation sites is 1. The van der Waals surface area contributed by atoms with Crippen LogP contribution < -0.4 is 5.32 Å². The van der Waals surface area contributed by atoms with Gasteiger partial charge in [0.05, 0.1) is 6.10 Å². The molecule has 0 heterocycles. The van der Waals surface area contributed by atoms with E-state index in [-0.39, 0.29) is 0 Å². The van der Waals surface area contributed by atoms with Crippen LogP contribution in [0.1, 0.15) is 31.4 Å². The highest BCUT2D eigenvalue weighted by Crippen LogP contribution is 2.30. The van der Waals surface area contributed by atoms with Crippen LogP contribution in [-0.2, 0) is 14.3 Å². The van der Waals surface area contributed by atoms with Gasteiger partial charge in [-0.25, -0.2) is 14.0 Å². The average Bonchev–Trinajstić information content (AvgIpc) is 2.71. The number of carboxylic acids is 1. The number of ether oxygens (including phenoxy) is 2. The number of hydrogen-bond acceptors (Lipinski definition) is 5. The Labute approximate surface area is 173 Å². The first kappa shape index (κ1) is 22.9. The van der Waals surface area contributed by atoms with Crippen molar-refractivity contribution < 1.29 is 33.7 Å². The van der Waals surface area contributed by atoms with Gasteiger partial charge in [-0.15, -0.1) is 0 Å². The lowest BCUT2D eigenvalue weighted by molar-refractivity contribution is -0.131. The molecular weight excluding hydrogens is 393 g/mol. The molecule has 0 spiro atoms. The van der Waals surface area contributed by atoms with Crippen molar-refractivity contribution in [2.24, 2.45) is 0 Å². The fourth-order valence-corrected chi connectivity index (χ4v) is 2.82. The second-order valence-corrected chi connectivity index (χ2v) is 6.34. The van der Waals surface area contributed by atoms with E-state index in [0.717, 1.165) is 12.1 Å². The lowest BCUT2D eigenvalue weighted by atomic mass is 9.99. The second kappa shape index (κ2) is 11.6. The molecular formula is C22H24FNO6. The van der Waals surface area contributed by atoms with Gasteiger partial charge in [0, 0.05) is 18.4 Å². The highest BCUT2D eigenvalue weighted by molar-refractivity contribution is 5.84. The van der Waals surface area contributed by atoms with Gasteiger partial charge in [0.1, 0.15) is 0 Å². The van der Waals surface area contributed by atoms with E-state index >= 15 is 0 Å². The third kappa shape index (κ3) is 7.21. The number of benzene rings is 2. The minimum absolute atomic E-state index is 0.300. The van der Waals surface area contributed by atoms with Gasteiger partial charge in [0.15, 0.2) is 17.7 Å². The standard InChI is InChI=1S/C22H24FNO6/c1-2-29-19(10-6-7-11-20(26)27)21(15-12-13-18(25)17(23)14-15)30-22(28)24-16-8-4-3-5-9-16/h3-5,7-9,11-14,19,21,25H,2,6,10H2,1H3,(H,24,28)(H,26,27)/b11-7+/t19-,21-/m0/s1. The smallest absolute Gasteiger partial charge is 0.412 e. The summed E-state index contributed by atoms with van der Waals surface area (Å²) in [5.74, 6) is -2.45. The second-order valence-electron chi connectivity index (χ2n) is 6.34. The maximum Gasteiger partial charge on any atom is 0.412 e. The first-order valence-corrected chi connectivity index (χ1v) is 9.42. The van der Waals surface area contributed by atoms with Crippen LogP contribution in [0.25, 0.3) is 0 Å². The van der Waals surface area contributed by atoms with Gasteiger partial charge in [-0.05, 0) is 49.6 Å². The van der Waals surface area contributed by atoms with E-state index in [0.29, 0.717) is 30.7 Å². The van der Waals surface area contributed by atoms with Crippen molar-refractivity contribution >= 4 is 17.7 Å². The van der Waals surface area contributed by atoms with Gasteiger partial charge >= 0.3 is 12.1 Å². The lowest BCUT2D eigenvalue weighted by Gasteiger charge is -2.27. The van der Waals surface area contributed by atoms with Gasteiger partial charge in [-0.1, -0.05) is 30.3 Å². The molecule has 0 unspecified atom stereocenters. The summed E-state index contributed by atoms with van der Waals surface area (Å²) in [6, 6.07) is 12.4. The molecule has 7 nitrogen and oxygen atoms in total. The maximum absolute atomic E-state index is 13.9. The van der Waals surface area contributed by atoms with E-state index in [2.05, 4.69) is 5.32 Å². The summed E-state index contributed by atoms with van der Waals surface area (Å²) in [7, 11) is 0. The van der Waals surface area contributed by atoms with Crippen LogP contribution >= 0.6 is 0 Å². The molecule has 160 valence electrons. The predicted octanol–water partition coefficient (Wildman–Crippen LogP) is 4.65. The van der Waals surface area contributed by atoms with Crippen molar-refractivity contribution in [2.45, 2.75) is 32.0 Å². The monoisotopic (exact) mass is 417 g/mol. The molecule has 0 fully saturated rings. The maximum atomic E-state index is 13.9. The molecule has 8 heteroatoms. The van der Waals surface area contributed by atoms with Crippen LogP contribution in [0.2, 0.25) is 0 Å². The number of allylic oxidation sites excluding steroid dienone is 1. The summed E-state index contributed by atoms with van der Waals surface area (Å²) in [5, 5.41) is 20.8. The van der Waals surface area contributed by atoms with E-state index in [1.807, 2.05) is 0 Å². The summed E-state index contributed by atoms with van der Waals surface area (Å²) in [6.07, 6.45) is 0.737. The molecule has 0 aliphatic rings. The quantitative estimate of drug-likeness (QED) is 0.486. The van der Waals surface area contributed by atoms with Crippen molar-refractivity contribution in [1.29, 1.82) is 0 Å². The molecule has 2 aromatic rings. The van der Waals surface area contributed by atoms with E-state index in [9.17, 15) is 19.1 Å². The number of phenolic OH excluding ortho intramolecular Hbond substituents is 1. The third-order valence-electron chi connectivity index (χ3n) is 4.15. The largest absolute Gasteiger partial charge is 0.505 e. The fourth-order valence-electron chi connectivity index (χ4n) is 2.82. The number of nitrogens with one attached hydrogen (secondary N) is 1. The lowest BCUT2D eigenvalue weighted by Crippen LogP contribution is -2.29. The summed E-state index contributed by atoms with van der Waals surface area (Å²) >= 11 is 0. The van der Waals surface area contributed by atoms with E-state index in [1.54, 1.807) is 37.3 Å². The van der Waals surface area contributed by atoms with E-state index < -0.39 is 35.8 Å². The number of carbonyl (C=O) groups is 2. The van der Waals surface area contributed by atoms with Crippen molar-refractivity contribution in [1.82, 2.24) is 0 Å². The highest BCUT2D eigenvalue weighted by Gasteiger charge is 2.28. The molecule has 0 bridgehead atoms. The van der Waals surface area contributed by atoms with Crippen molar-refractivity contribution in [3.8, 4) is 5.75 Å². The molecule has 0 radical (unpaired) electrons. The molecule has 0 aliphatic carbocycles. The van der Waals surface area contributed by atoms with Gasteiger partial charge in [0.2, 0.25) is 0 Å². The zero-order valence-electron chi connectivity index (χ0n) is 16.5. The van der Waals surface area contributed by atoms with E-state index in [4.69, 9.17) is 14.6 Å². The van der Waals surface area contributed by atoms with Gasteiger partial charge in [0.25, 0.3) is 0 Å². The zero-order chi connectivity index (χ0) is 21.9. The number of anilines is 1. The Morgan fingerprint density at radius 3 is 2.57 bits per heavy atom. The topological polar surface area (TPSA) is 105 Å². The number of halogens is 1. The minimum atomic E-state index is -1.07. The number of aliphatic carboxylic acids is 1. The molecule has 0 saturated carbocycles.